The first kappa shape index (κ1) is 9.39. The van der Waals surface area contributed by atoms with Gasteiger partial charge in [0.05, 0.1) is 6.54 Å². The lowest BCUT2D eigenvalue weighted by atomic mass is 10.2. The fourth-order valence-corrected chi connectivity index (χ4v) is 0.374. The van der Waals surface area contributed by atoms with E-state index in [1.54, 1.807) is 6.92 Å². The van der Waals surface area contributed by atoms with E-state index in [1.165, 1.54) is 0 Å². The Labute approximate surface area is 60.5 Å². The highest BCUT2D eigenvalue weighted by atomic mass is 16.6. The average Bonchev–Trinajstić information content (AvgIpc) is 1.87. The van der Waals surface area contributed by atoms with Crippen molar-refractivity contribution in [3.8, 4) is 0 Å². The van der Waals surface area contributed by atoms with Crippen LogP contribution in [0.5, 0.6) is 0 Å². The van der Waals surface area contributed by atoms with E-state index in [9.17, 15) is 4.79 Å². The van der Waals surface area contributed by atoms with Crippen LogP contribution in [0.2, 0.25) is 0 Å². The Morgan fingerprint density at radius 1 is 1.70 bits per heavy atom. The fraction of sp³-hybridized carbons (Fsp3) is 0.833. The van der Waals surface area contributed by atoms with Crippen molar-refractivity contribution in [2.75, 3.05) is 6.54 Å². The normalized spacial score (nSPS) is 16.0. The number of rotatable bonds is 3. The van der Waals surface area contributed by atoms with Gasteiger partial charge >= 0.3 is 5.97 Å². The molecule has 0 fully saturated rings. The van der Waals surface area contributed by atoms with E-state index in [0.29, 0.717) is 6.42 Å². The quantitative estimate of drug-likeness (QED) is 0.418. The predicted octanol–water partition coefficient (Wildman–Crippen LogP) is -0.427. The summed E-state index contributed by atoms with van der Waals surface area (Å²) >= 11 is 0. The van der Waals surface area contributed by atoms with Gasteiger partial charge < -0.3 is 10.5 Å². The maximum Gasteiger partial charge on any atom is 0.321 e. The van der Waals surface area contributed by atoms with Gasteiger partial charge in [-0.2, -0.15) is 0 Å². The molecular weight excluding hydrogens is 132 g/mol. The van der Waals surface area contributed by atoms with E-state index in [1.807, 2.05) is 6.92 Å². The van der Waals surface area contributed by atoms with Gasteiger partial charge in [-0.05, 0) is 13.3 Å². The third-order valence-electron chi connectivity index (χ3n) is 1.22. The van der Waals surface area contributed by atoms with E-state index in [0.717, 1.165) is 0 Å². The second-order valence-corrected chi connectivity index (χ2v) is 2.34. The monoisotopic (exact) mass is 146 g/mol. The lowest BCUT2D eigenvalue weighted by Gasteiger charge is -2.22. The van der Waals surface area contributed by atoms with Crippen LogP contribution in [0.15, 0.2) is 0 Å². The van der Waals surface area contributed by atoms with Gasteiger partial charge in [0.15, 0.2) is 5.72 Å². The van der Waals surface area contributed by atoms with Crippen molar-refractivity contribution >= 4 is 5.97 Å². The zero-order valence-electron chi connectivity index (χ0n) is 6.39. The first-order chi connectivity index (χ1) is 4.52. The zero-order chi connectivity index (χ0) is 8.20. The van der Waals surface area contributed by atoms with Crippen molar-refractivity contribution in [1.29, 1.82) is 0 Å². The summed E-state index contributed by atoms with van der Waals surface area (Å²) in [6.07, 6.45) is 0.582. The number of carbonyl (C=O) groups is 1. The van der Waals surface area contributed by atoms with Crippen molar-refractivity contribution in [2.24, 2.45) is 11.5 Å². The van der Waals surface area contributed by atoms with Crippen LogP contribution in [0, 0.1) is 0 Å². The minimum Gasteiger partial charge on any atom is -0.444 e. The molecule has 0 amide bonds. The number of carbonyl (C=O) groups excluding carboxylic acids is 1. The first-order valence-electron chi connectivity index (χ1n) is 3.22. The Hall–Kier alpha value is -0.610. The Morgan fingerprint density at radius 3 is 2.50 bits per heavy atom. The number of nitrogens with two attached hydrogens (primary N) is 2. The van der Waals surface area contributed by atoms with Crippen molar-refractivity contribution in [2.45, 2.75) is 26.0 Å². The van der Waals surface area contributed by atoms with E-state index in [4.69, 9.17) is 16.2 Å². The molecule has 0 aromatic carbocycles. The molecule has 10 heavy (non-hydrogen) atoms. The van der Waals surface area contributed by atoms with Gasteiger partial charge in [-0.15, -0.1) is 0 Å². The van der Waals surface area contributed by atoms with Crippen LogP contribution in [-0.4, -0.2) is 18.2 Å². The molecule has 0 aliphatic rings. The molecule has 0 spiro atoms. The Balaban J connectivity index is 3.76. The lowest BCUT2D eigenvalue weighted by molar-refractivity contribution is -0.156. The summed E-state index contributed by atoms with van der Waals surface area (Å²) in [5, 5.41) is 0. The summed E-state index contributed by atoms with van der Waals surface area (Å²) in [7, 11) is 0. The van der Waals surface area contributed by atoms with E-state index >= 15 is 0 Å². The average molecular weight is 146 g/mol. The number of ether oxygens (including phenoxy) is 1. The van der Waals surface area contributed by atoms with Gasteiger partial charge in [-0.1, -0.05) is 6.92 Å². The maximum atomic E-state index is 10.6. The van der Waals surface area contributed by atoms with Crippen molar-refractivity contribution in [3.63, 3.8) is 0 Å². The third-order valence-corrected chi connectivity index (χ3v) is 1.22. The molecule has 4 nitrogen and oxygen atoms in total. The largest absolute Gasteiger partial charge is 0.444 e. The van der Waals surface area contributed by atoms with Crippen molar-refractivity contribution < 1.29 is 9.53 Å². The Kier molecular flexibility index (Phi) is 3.32. The van der Waals surface area contributed by atoms with Crippen LogP contribution in [-0.2, 0) is 9.53 Å². The molecule has 0 bridgehead atoms. The zero-order valence-corrected chi connectivity index (χ0v) is 6.39. The van der Waals surface area contributed by atoms with Crippen LogP contribution in [0.1, 0.15) is 20.3 Å². The smallest absolute Gasteiger partial charge is 0.321 e. The molecule has 0 aromatic heterocycles. The summed E-state index contributed by atoms with van der Waals surface area (Å²) in [4.78, 5) is 10.6. The molecule has 0 radical (unpaired) electrons. The van der Waals surface area contributed by atoms with Crippen molar-refractivity contribution in [3.05, 3.63) is 0 Å². The summed E-state index contributed by atoms with van der Waals surface area (Å²) in [6, 6.07) is 0. The highest BCUT2D eigenvalue weighted by Gasteiger charge is 2.19. The molecule has 0 saturated heterocycles. The standard InChI is InChI=1S/C6H14N2O2/c1-3-6(2,8)10-5(9)4-7/h3-4,7-8H2,1-2H3. The maximum absolute atomic E-state index is 10.6. The molecule has 60 valence electrons. The van der Waals surface area contributed by atoms with Gasteiger partial charge in [0.2, 0.25) is 0 Å². The molecule has 0 aliphatic carbocycles. The minimum atomic E-state index is -0.865. The topological polar surface area (TPSA) is 78.3 Å². The van der Waals surface area contributed by atoms with E-state index in [-0.39, 0.29) is 6.54 Å². The van der Waals surface area contributed by atoms with E-state index in [2.05, 4.69) is 0 Å². The van der Waals surface area contributed by atoms with Crippen LogP contribution >= 0.6 is 0 Å². The molecule has 0 aliphatic heterocycles. The Morgan fingerprint density at radius 2 is 2.20 bits per heavy atom. The van der Waals surface area contributed by atoms with Crippen LogP contribution in [0.3, 0.4) is 0 Å². The summed E-state index contributed by atoms with van der Waals surface area (Å²) in [6.45, 7) is 3.36. The second kappa shape index (κ2) is 3.53. The van der Waals surface area contributed by atoms with Gasteiger partial charge in [0, 0.05) is 0 Å². The molecular formula is C6H14N2O2. The molecule has 1 atom stereocenters. The predicted molar refractivity (Wildman–Crippen MR) is 38.0 cm³/mol. The van der Waals surface area contributed by atoms with Crippen molar-refractivity contribution in [1.82, 2.24) is 0 Å². The van der Waals surface area contributed by atoms with Gasteiger partial charge in [-0.25, -0.2) is 0 Å². The lowest BCUT2D eigenvalue weighted by Crippen LogP contribution is -2.42. The molecule has 0 rings (SSSR count). The van der Waals surface area contributed by atoms with E-state index < -0.39 is 11.7 Å². The number of hydrogen-bond donors (Lipinski definition) is 2. The summed E-state index contributed by atoms with van der Waals surface area (Å²) in [5.74, 6) is -0.466. The van der Waals surface area contributed by atoms with Gasteiger partial charge in [0.1, 0.15) is 0 Å². The fourth-order valence-electron chi connectivity index (χ4n) is 0.374. The minimum absolute atomic E-state index is 0.118. The first-order valence-corrected chi connectivity index (χ1v) is 3.22. The molecule has 0 heterocycles. The number of esters is 1. The highest BCUT2D eigenvalue weighted by molar-refractivity contribution is 5.71. The number of hydrogen-bond acceptors (Lipinski definition) is 4. The molecule has 0 aromatic rings. The van der Waals surface area contributed by atoms with Crippen LogP contribution in [0.25, 0.3) is 0 Å². The summed E-state index contributed by atoms with van der Waals surface area (Å²) in [5.41, 5.74) is 9.63. The summed E-state index contributed by atoms with van der Waals surface area (Å²) < 4.78 is 4.75. The Bertz CT molecular complexity index is 123. The molecule has 1 unspecified atom stereocenters. The van der Waals surface area contributed by atoms with Crippen LogP contribution < -0.4 is 11.5 Å². The third kappa shape index (κ3) is 3.42. The highest BCUT2D eigenvalue weighted by Crippen LogP contribution is 2.05. The molecule has 4 heteroatoms. The van der Waals surface area contributed by atoms with Gasteiger partial charge in [-0.3, -0.25) is 10.5 Å². The molecule has 4 N–H and O–H groups in total. The van der Waals surface area contributed by atoms with Crippen LogP contribution in [0.4, 0.5) is 0 Å². The second-order valence-electron chi connectivity index (χ2n) is 2.34. The van der Waals surface area contributed by atoms with Gasteiger partial charge in [0.25, 0.3) is 0 Å². The molecule has 0 saturated carbocycles. The SMILES string of the molecule is CCC(C)(N)OC(=O)CN.